The summed E-state index contributed by atoms with van der Waals surface area (Å²) in [5.41, 5.74) is 0. The fourth-order valence-corrected chi connectivity index (χ4v) is 5.41. The number of guanidine groups is 1. The molecule has 3 unspecified atom stereocenters. The van der Waals surface area contributed by atoms with Gasteiger partial charge in [0.1, 0.15) is 0 Å². The van der Waals surface area contributed by atoms with Gasteiger partial charge in [-0.1, -0.05) is 6.07 Å². The van der Waals surface area contributed by atoms with Crippen molar-refractivity contribution in [1.82, 2.24) is 20.4 Å². The molecule has 2 fully saturated rings. The number of nitrogens with zero attached hydrogens (tertiary/aromatic N) is 3. The van der Waals surface area contributed by atoms with Gasteiger partial charge in [-0.25, -0.2) is 0 Å². The Hall–Kier alpha value is -1.32. The molecule has 2 N–H and O–H groups in total. The Morgan fingerprint density at radius 3 is 2.83 bits per heavy atom. The van der Waals surface area contributed by atoms with Crippen LogP contribution in [0, 0.1) is 5.92 Å². The second kappa shape index (κ2) is 10.1. The lowest BCUT2D eigenvalue weighted by molar-refractivity contribution is -0.143. The molecule has 29 heavy (non-hydrogen) atoms. The van der Waals surface area contributed by atoms with E-state index in [0.717, 1.165) is 25.9 Å². The number of likely N-dealkylation sites (tertiary alicyclic amines) is 2. The second-order valence-electron chi connectivity index (χ2n) is 8.04. The summed E-state index contributed by atoms with van der Waals surface area (Å²) in [7, 11) is 2.18. The van der Waals surface area contributed by atoms with Gasteiger partial charge >= 0.3 is 6.18 Å². The zero-order valence-corrected chi connectivity index (χ0v) is 18.0. The van der Waals surface area contributed by atoms with E-state index in [1.807, 2.05) is 6.92 Å². The highest BCUT2D eigenvalue weighted by molar-refractivity contribution is 7.10. The van der Waals surface area contributed by atoms with Crippen molar-refractivity contribution in [1.29, 1.82) is 0 Å². The van der Waals surface area contributed by atoms with Crippen LogP contribution < -0.4 is 10.6 Å². The number of halogens is 3. The third kappa shape index (κ3) is 6.58. The quantitative estimate of drug-likeness (QED) is 0.536. The summed E-state index contributed by atoms with van der Waals surface area (Å²) in [4.78, 5) is 10.1. The standard InChI is InChI=1S/C20H32F3N5S/c1-3-24-19(26-16-8-10-28(13-16)14-20(21,22)23)25-12-15-6-4-9-27(2)18(15)17-7-5-11-29-17/h5,7,11,15-16,18H,3-4,6,8-10,12-14H2,1-2H3,(H2,24,25,26). The van der Waals surface area contributed by atoms with Crippen LogP contribution in [0.25, 0.3) is 0 Å². The van der Waals surface area contributed by atoms with E-state index in [1.54, 1.807) is 11.3 Å². The maximum Gasteiger partial charge on any atom is 0.401 e. The Kier molecular flexibility index (Phi) is 7.81. The molecule has 1 aromatic heterocycles. The van der Waals surface area contributed by atoms with E-state index in [-0.39, 0.29) is 6.04 Å². The third-order valence-corrected chi connectivity index (χ3v) is 6.63. The molecule has 0 bridgehead atoms. The van der Waals surface area contributed by atoms with Crippen LogP contribution in [0.1, 0.15) is 37.1 Å². The predicted molar refractivity (Wildman–Crippen MR) is 112 cm³/mol. The minimum Gasteiger partial charge on any atom is -0.357 e. The van der Waals surface area contributed by atoms with Gasteiger partial charge in [-0.05, 0) is 57.1 Å². The molecule has 164 valence electrons. The lowest BCUT2D eigenvalue weighted by atomic mass is 9.88. The SMILES string of the molecule is CCNC(=NCC1CCCN(C)C1c1cccs1)NC1CCN(CC(F)(F)F)C1. The monoisotopic (exact) mass is 431 g/mol. The van der Waals surface area contributed by atoms with Crippen LogP contribution >= 0.6 is 11.3 Å². The first kappa shape index (κ1) is 22.4. The Morgan fingerprint density at radius 1 is 1.31 bits per heavy atom. The van der Waals surface area contributed by atoms with E-state index in [4.69, 9.17) is 4.99 Å². The van der Waals surface area contributed by atoms with Crippen molar-refractivity contribution in [2.45, 2.75) is 44.4 Å². The Bertz CT molecular complexity index is 649. The summed E-state index contributed by atoms with van der Waals surface area (Å²) in [6, 6.07) is 4.67. The lowest BCUT2D eigenvalue weighted by Crippen LogP contribution is -2.45. The summed E-state index contributed by atoms with van der Waals surface area (Å²) < 4.78 is 37.9. The van der Waals surface area contributed by atoms with Crippen molar-refractivity contribution in [3.63, 3.8) is 0 Å². The fraction of sp³-hybridized carbons (Fsp3) is 0.750. The minimum atomic E-state index is -4.14. The smallest absolute Gasteiger partial charge is 0.357 e. The van der Waals surface area contributed by atoms with Crippen molar-refractivity contribution in [3.8, 4) is 0 Å². The highest BCUT2D eigenvalue weighted by Crippen LogP contribution is 2.37. The van der Waals surface area contributed by atoms with E-state index in [2.05, 4.69) is 40.1 Å². The van der Waals surface area contributed by atoms with E-state index in [9.17, 15) is 13.2 Å². The molecule has 3 heterocycles. The normalized spacial score (nSPS) is 27.3. The van der Waals surface area contributed by atoms with E-state index < -0.39 is 12.7 Å². The van der Waals surface area contributed by atoms with Gasteiger partial charge in [0.05, 0.1) is 6.54 Å². The van der Waals surface area contributed by atoms with Crippen molar-refractivity contribution >= 4 is 17.3 Å². The molecule has 2 aliphatic heterocycles. The van der Waals surface area contributed by atoms with Gasteiger partial charge in [0.25, 0.3) is 0 Å². The minimum absolute atomic E-state index is 0.00253. The van der Waals surface area contributed by atoms with Crippen molar-refractivity contribution in [2.75, 3.05) is 46.3 Å². The maximum absolute atomic E-state index is 12.6. The number of hydrogen-bond acceptors (Lipinski definition) is 4. The lowest BCUT2D eigenvalue weighted by Gasteiger charge is -2.38. The van der Waals surface area contributed by atoms with E-state index in [0.29, 0.717) is 44.0 Å². The molecule has 1 aromatic rings. The second-order valence-corrected chi connectivity index (χ2v) is 9.02. The number of aliphatic imine (C=N–C) groups is 1. The Morgan fingerprint density at radius 2 is 2.14 bits per heavy atom. The number of hydrogen-bond donors (Lipinski definition) is 2. The first-order chi connectivity index (χ1) is 13.9. The van der Waals surface area contributed by atoms with E-state index >= 15 is 0 Å². The number of piperidine rings is 1. The van der Waals surface area contributed by atoms with Gasteiger partial charge in [-0.2, -0.15) is 13.2 Å². The molecular weight excluding hydrogens is 399 g/mol. The molecule has 0 amide bonds. The predicted octanol–water partition coefficient (Wildman–Crippen LogP) is 3.32. The van der Waals surface area contributed by atoms with Crippen LogP contribution in [-0.2, 0) is 0 Å². The largest absolute Gasteiger partial charge is 0.401 e. The topological polar surface area (TPSA) is 42.9 Å². The van der Waals surface area contributed by atoms with Gasteiger partial charge in [-0.3, -0.25) is 14.8 Å². The molecule has 0 spiro atoms. The number of thiophene rings is 1. The Labute approximate surface area is 175 Å². The molecule has 0 saturated carbocycles. The summed E-state index contributed by atoms with van der Waals surface area (Å²) >= 11 is 1.79. The van der Waals surface area contributed by atoms with Gasteiger partial charge in [-0.15, -0.1) is 11.3 Å². The molecule has 9 heteroatoms. The van der Waals surface area contributed by atoms with Crippen molar-refractivity contribution < 1.29 is 13.2 Å². The van der Waals surface area contributed by atoms with Crippen LogP contribution in [0.3, 0.4) is 0 Å². The van der Waals surface area contributed by atoms with Crippen molar-refractivity contribution in [2.24, 2.45) is 10.9 Å². The summed E-state index contributed by atoms with van der Waals surface area (Å²) in [5, 5.41) is 8.73. The summed E-state index contributed by atoms with van der Waals surface area (Å²) in [5.74, 6) is 1.15. The third-order valence-electron chi connectivity index (χ3n) is 5.69. The molecule has 5 nitrogen and oxygen atoms in total. The molecule has 2 saturated heterocycles. The van der Waals surface area contributed by atoms with Crippen LogP contribution in [-0.4, -0.2) is 74.3 Å². The van der Waals surface area contributed by atoms with Crippen LogP contribution in [0.2, 0.25) is 0 Å². The highest BCUT2D eigenvalue weighted by Gasteiger charge is 2.35. The average Bonchev–Trinajstić information content (AvgIpc) is 3.31. The van der Waals surface area contributed by atoms with E-state index in [1.165, 1.54) is 9.78 Å². The molecule has 3 rings (SSSR count). The van der Waals surface area contributed by atoms with Crippen LogP contribution in [0.15, 0.2) is 22.5 Å². The number of nitrogens with one attached hydrogen (secondary N) is 2. The maximum atomic E-state index is 12.6. The molecule has 0 aliphatic carbocycles. The average molecular weight is 432 g/mol. The zero-order valence-electron chi connectivity index (χ0n) is 17.2. The Balaban J connectivity index is 1.60. The summed E-state index contributed by atoms with van der Waals surface area (Å²) in [6.45, 7) is 4.56. The first-order valence-electron chi connectivity index (χ1n) is 10.4. The fourth-order valence-electron chi connectivity index (χ4n) is 4.43. The zero-order chi connectivity index (χ0) is 20.9. The highest BCUT2D eigenvalue weighted by atomic mass is 32.1. The van der Waals surface area contributed by atoms with Gasteiger partial charge < -0.3 is 10.6 Å². The van der Waals surface area contributed by atoms with Gasteiger partial charge in [0.15, 0.2) is 5.96 Å². The first-order valence-corrected chi connectivity index (χ1v) is 11.3. The molecule has 3 atom stereocenters. The molecule has 0 radical (unpaired) electrons. The van der Waals surface area contributed by atoms with Crippen LogP contribution in [0.5, 0.6) is 0 Å². The number of rotatable bonds is 6. The van der Waals surface area contributed by atoms with Crippen molar-refractivity contribution in [3.05, 3.63) is 22.4 Å². The molecular formula is C20H32F3N5S. The van der Waals surface area contributed by atoms with Gasteiger partial charge in [0.2, 0.25) is 0 Å². The van der Waals surface area contributed by atoms with Gasteiger partial charge in [0, 0.05) is 43.1 Å². The molecule has 2 aliphatic rings. The van der Waals surface area contributed by atoms with Crippen LogP contribution in [0.4, 0.5) is 13.2 Å². The number of alkyl halides is 3. The molecule has 0 aromatic carbocycles. The summed E-state index contributed by atoms with van der Waals surface area (Å²) in [6.07, 6.45) is -1.14.